The monoisotopic (exact) mass is 185 g/mol. The highest BCUT2D eigenvalue weighted by atomic mass is 16.1. The van der Waals surface area contributed by atoms with E-state index >= 15 is 0 Å². The maximum Gasteiger partial charge on any atom is 0.223 e. The Balaban J connectivity index is 4.12. The fourth-order valence-electron chi connectivity index (χ4n) is 0.863. The van der Waals surface area contributed by atoms with Crippen molar-refractivity contribution in [2.75, 3.05) is 0 Å². The maximum atomic E-state index is 11.6. The number of hydrogen-bond acceptors (Lipinski definition) is 1. The molecule has 0 radical (unpaired) electrons. The molecule has 1 amide bonds. The molecule has 0 aliphatic heterocycles. The maximum absolute atomic E-state index is 11.6. The highest BCUT2D eigenvalue weighted by molar-refractivity contribution is 5.79. The van der Waals surface area contributed by atoms with Gasteiger partial charge in [-0.1, -0.05) is 34.6 Å². The standard InChI is InChI=1S/C11H23NO/c1-7-8(2)12-10(13)9(3)11(4,5)6/h8-9H,7H2,1-6H3,(H,12,13)/t8-,9?/m1/s1. The third kappa shape index (κ3) is 4.30. The lowest BCUT2D eigenvalue weighted by Gasteiger charge is -2.27. The second kappa shape index (κ2) is 4.64. The van der Waals surface area contributed by atoms with Crippen LogP contribution in [0.5, 0.6) is 0 Å². The van der Waals surface area contributed by atoms with Gasteiger partial charge in [-0.05, 0) is 18.8 Å². The summed E-state index contributed by atoms with van der Waals surface area (Å²) >= 11 is 0. The Bertz CT molecular complexity index is 169. The molecule has 2 nitrogen and oxygen atoms in total. The zero-order valence-electron chi connectivity index (χ0n) is 9.77. The van der Waals surface area contributed by atoms with Gasteiger partial charge in [0.2, 0.25) is 5.91 Å². The summed E-state index contributed by atoms with van der Waals surface area (Å²) in [7, 11) is 0. The predicted octanol–water partition coefficient (Wildman–Crippen LogP) is 2.58. The largest absolute Gasteiger partial charge is 0.353 e. The van der Waals surface area contributed by atoms with Gasteiger partial charge in [-0.25, -0.2) is 0 Å². The summed E-state index contributed by atoms with van der Waals surface area (Å²) in [6, 6.07) is 0.289. The molecule has 0 aromatic carbocycles. The van der Waals surface area contributed by atoms with Crippen LogP contribution in [0.1, 0.15) is 48.0 Å². The van der Waals surface area contributed by atoms with Gasteiger partial charge in [0, 0.05) is 12.0 Å². The van der Waals surface area contributed by atoms with Crippen LogP contribution in [-0.2, 0) is 4.79 Å². The Hall–Kier alpha value is -0.530. The van der Waals surface area contributed by atoms with Crippen molar-refractivity contribution < 1.29 is 4.79 Å². The molecule has 0 aromatic rings. The molecule has 0 saturated carbocycles. The summed E-state index contributed by atoms with van der Waals surface area (Å²) < 4.78 is 0. The predicted molar refractivity (Wildman–Crippen MR) is 56.5 cm³/mol. The van der Waals surface area contributed by atoms with Crippen molar-refractivity contribution in [3.8, 4) is 0 Å². The van der Waals surface area contributed by atoms with Gasteiger partial charge in [-0.3, -0.25) is 4.79 Å². The summed E-state index contributed by atoms with van der Waals surface area (Å²) in [6.07, 6.45) is 0.989. The molecule has 78 valence electrons. The van der Waals surface area contributed by atoms with Gasteiger partial charge in [0.1, 0.15) is 0 Å². The van der Waals surface area contributed by atoms with E-state index in [0.717, 1.165) is 6.42 Å². The van der Waals surface area contributed by atoms with Gasteiger partial charge < -0.3 is 5.32 Å². The van der Waals surface area contributed by atoms with Gasteiger partial charge in [0.25, 0.3) is 0 Å². The molecule has 1 N–H and O–H groups in total. The number of nitrogens with one attached hydrogen (secondary N) is 1. The number of hydrogen-bond donors (Lipinski definition) is 1. The molecule has 13 heavy (non-hydrogen) atoms. The normalized spacial score (nSPS) is 16.5. The lowest BCUT2D eigenvalue weighted by atomic mass is 9.81. The molecule has 0 aliphatic carbocycles. The molecule has 2 atom stereocenters. The number of rotatable bonds is 3. The molecule has 1 unspecified atom stereocenters. The third-order valence-corrected chi connectivity index (χ3v) is 2.69. The van der Waals surface area contributed by atoms with Crippen LogP contribution in [0.25, 0.3) is 0 Å². The molecule has 0 heterocycles. The van der Waals surface area contributed by atoms with E-state index in [2.05, 4.69) is 33.0 Å². The second-order valence-corrected chi connectivity index (χ2v) is 4.91. The SMILES string of the molecule is CC[C@@H](C)NC(=O)C(C)C(C)(C)C. The van der Waals surface area contributed by atoms with E-state index in [9.17, 15) is 4.79 Å². The zero-order chi connectivity index (χ0) is 10.6. The van der Waals surface area contributed by atoms with Gasteiger partial charge in [0.15, 0.2) is 0 Å². The van der Waals surface area contributed by atoms with E-state index in [1.807, 2.05) is 13.8 Å². The van der Waals surface area contributed by atoms with Crippen LogP contribution in [-0.4, -0.2) is 11.9 Å². The fourth-order valence-corrected chi connectivity index (χ4v) is 0.863. The molecule has 0 aliphatic rings. The van der Waals surface area contributed by atoms with Crippen LogP contribution in [0.3, 0.4) is 0 Å². The van der Waals surface area contributed by atoms with Crippen LogP contribution < -0.4 is 5.32 Å². The Morgan fingerprint density at radius 3 is 2.08 bits per heavy atom. The van der Waals surface area contributed by atoms with Crippen LogP contribution >= 0.6 is 0 Å². The molecular formula is C11H23NO. The molecule has 0 aromatic heterocycles. The third-order valence-electron chi connectivity index (χ3n) is 2.69. The topological polar surface area (TPSA) is 29.1 Å². The van der Waals surface area contributed by atoms with Crippen molar-refractivity contribution in [1.29, 1.82) is 0 Å². The molecule has 0 spiro atoms. The van der Waals surface area contributed by atoms with Crippen molar-refractivity contribution in [2.24, 2.45) is 11.3 Å². The Morgan fingerprint density at radius 2 is 1.77 bits per heavy atom. The van der Waals surface area contributed by atoms with Crippen molar-refractivity contribution in [3.63, 3.8) is 0 Å². The van der Waals surface area contributed by atoms with Crippen molar-refractivity contribution in [1.82, 2.24) is 5.32 Å². The molecule has 2 heteroatoms. The van der Waals surface area contributed by atoms with Crippen molar-refractivity contribution in [2.45, 2.75) is 54.0 Å². The lowest BCUT2D eigenvalue weighted by Crippen LogP contribution is -2.40. The molecule has 0 bridgehead atoms. The quantitative estimate of drug-likeness (QED) is 0.719. The fraction of sp³-hybridized carbons (Fsp3) is 0.909. The first kappa shape index (κ1) is 12.5. The van der Waals surface area contributed by atoms with E-state index in [1.165, 1.54) is 0 Å². The molecule has 0 rings (SSSR count). The first-order valence-corrected chi connectivity index (χ1v) is 5.09. The summed E-state index contributed by atoms with van der Waals surface area (Å²) in [4.78, 5) is 11.6. The van der Waals surface area contributed by atoms with Gasteiger partial charge >= 0.3 is 0 Å². The summed E-state index contributed by atoms with van der Waals surface area (Å²) in [5.74, 6) is 0.239. The summed E-state index contributed by atoms with van der Waals surface area (Å²) in [5.41, 5.74) is 0.0531. The first-order chi connectivity index (χ1) is 5.79. The molecule has 0 fully saturated rings. The van der Waals surface area contributed by atoms with Crippen molar-refractivity contribution in [3.05, 3.63) is 0 Å². The van der Waals surface area contributed by atoms with E-state index < -0.39 is 0 Å². The minimum absolute atomic E-state index is 0.0531. The minimum Gasteiger partial charge on any atom is -0.353 e. The summed E-state index contributed by atoms with van der Waals surface area (Å²) in [6.45, 7) is 12.4. The second-order valence-electron chi connectivity index (χ2n) is 4.91. The van der Waals surface area contributed by atoms with Gasteiger partial charge in [-0.15, -0.1) is 0 Å². The number of carbonyl (C=O) groups excluding carboxylic acids is 1. The minimum atomic E-state index is 0.0531. The van der Waals surface area contributed by atoms with Crippen molar-refractivity contribution >= 4 is 5.91 Å². The Morgan fingerprint density at radius 1 is 1.31 bits per heavy atom. The zero-order valence-corrected chi connectivity index (χ0v) is 9.77. The molecule has 0 saturated heterocycles. The van der Waals surface area contributed by atoms with Gasteiger partial charge in [0.05, 0.1) is 0 Å². The Kier molecular flexibility index (Phi) is 4.45. The lowest BCUT2D eigenvalue weighted by molar-refractivity contribution is -0.128. The first-order valence-electron chi connectivity index (χ1n) is 5.09. The average Bonchev–Trinajstić information content (AvgIpc) is 2.01. The van der Waals surface area contributed by atoms with Crippen LogP contribution in [0.2, 0.25) is 0 Å². The Labute approximate surface area is 82.1 Å². The van der Waals surface area contributed by atoms with E-state index in [4.69, 9.17) is 0 Å². The van der Waals surface area contributed by atoms with E-state index in [-0.39, 0.29) is 23.3 Å². The van der Waals surface area contributed by atoms with Gasteiger partial charge in [-0.2, -0.15) is 0 Å². The number of amides is 1. The highest BCUT2D eigenvalue weighted by Crippen LogP contribution is 2.25. The van der Waals surface area contributed by atoms with E-state index in [0.29, 0.717) is 0 Å². The highest BCUT2D eigenvalue weighted by Gasteiger charge is 2.26. The van der Waals surface area contributed by atoms with Crippen LogP contribution in [0, 0.1) is 11.3 Å². The van der Waals surface area contributed by atoms with Crippen LogP contribution in [0.4, 0.5) is 0 Å². The van der Waals surface area contributed by atoms with Crippen LogP contribution in [0.15, 0.2) is 0 Å². The molecular weight excluding hydrogens is 162 g/mol. The smallest absolute Gasteiger partial charge is 0.223 e. The summed E-state index contributed by atoms with van der Waals surface area (Å²) in [5, 5.41) is 3.00. The van der Waals surface area contributed by atoms with E-state index in [1.54, 1.807) is 0 Å². The number of carbonyl (C=O) groups is 1. The average molecular weight is 185 g/mol.